The summed E-state index contributed by atoms with van der Waals surface area (Å²) in [4.78, 5) is 11.5. The van der Waals surface area contributed by atoms with E-state index in [0.29, 0.717) is 18.6 Å². The fourth-order valence-corrected chi connectivity index (χ4v) is 3.07. The molecule has 2 aromatic rings. The van der Waals surface area contributed by atoms with Crippen molar-refractivity contribution in [2.45, 2.75) is 44.9 Å². The SMILES string of the molecule is CC(CC(O)C(C)Nc1ccc2c(c1)COC2=O)c1ccccc1. The average molecular weight is 325 g/mol. The van der Waals surface area contributed by atoms with Crippen molar-refractivity contribution in [3.05, 3.63) is 65.2 Å². The van der Waals surface area contributed by atoms with Crippen LogP contribution in [0.5, 0.6) is 0 Å². The molecule has 3 atom stereocenters. The molecule has 0 amide bonds. The van der Waals surface area contributed by atoms with Crippen molar-refractivity contribution in [3.63, 3.8) is 0 Å². The summed E-state index contributed by atoms with van der Waals surface area (Å²) >= 11 is 0. The van der Waals surface area contributed by atoms with Crippen molar-refractivity contribution in [3.8, 4) is 0 Å². The number of hydrogen-bond acceptors (Lipinski definition) is 4. The molecule has 3 rings (SSSR count). The van der Waals surface area contributed by atoms with E-state index in [-0.39, 0.29) is 17.9 Å². The van der Waals surface area contributed by atoms with Gasteiger partial charge in [0.25, 0.3) is 0 Å². The number of ether oxygens (including phenoxy) is 1. The van der Waals surface area contributed by atoms with Crippen molar-refractivity contribution >= 4 is 11.7 Å². The summed E-state index contributed by atoms with van der Waals surface area (Å²) in [5.41, 5.74) is 3.65. The minimum Gasteiger partial charge on any atom is -0.457 e. The van der Waals surface area contributed by atoms with Crippen LogP contribution in [0.25, 0.3) is 0 Å². The Balaban J connectivity index is 1.60. The number of fused-ring (bicyclic) bond motifs is 1. The smallest absolute Gasteiger partial charge is 0.338 e. The highest BCUT2D eigenvalue weighted by atomic mass is 16.5. The van der Waals surface area contributed by atoms with Gasteiger partial charge < -0.3 is 15.2 Å². The number of esters is 1. The molecule has 1 heterocycles. The molecule has 0 radical (unpaired) electrons. The Kier molecular flexibility index (Phi) is 4.86. The molecule has 0 aliphatic carbocycles. The molecule has 0 spiro atoms. The maximum absolute atomic E-state index is 11.5. The van der Waals surface area contributed by atoms with Gasteiger partial charge in [-0.05, 0) is 43.0 Å². The molecule has 2 aromatic carbocycles. The lowest BCUT2D eigenvalue weighted by Gasteiger charge is -2.24. The van der Waals surface area contributed by atoms with E-state index in [1.807, 2.05) is 37.3 Å². The molecule has 2 N–H and O–H groups in total. The third-order valence-electron chi connectivity index (χ3n) is 4.62. The summed E-state index contributed by atoms with van der Waals surface area (Å²) in [6.45, 7) is 4.42. The maximum Gasteiger partial charge on any atom is 0.338 e. The number of carbonyl (C=O) groups is 1. The first-order chi connectivity index (χ1) is 11.5. The normalized spacial score (nSPS) is 16.9. The van der Waals surface area contributed by atoms with Crippen molar-refractivity contribution in [1.29, 1.82) is 0 Å². The fourth-order valence-electron chi connectivity index (χ4n) is 3.07. The van der Waals surface area contributed by atoms with Gasteiger partial charge in [0.2, 0.25) is 0 Å². The van der Waals surface area contributed by atoms with E-state index >= 15 is 0 Å². The number of nitrogens with one attached hydrogen (secondary N) is 1. The van der Waals surface area contributed by atoms with Crippen LogP contribution in [0.4, 0.5) is 5.69 Å². The Morgan fingerprint density at radius 1 is 1.17 bits per heavy atom. The standard InChI is InChI=1S/C20H23NO3/c1-13(15-6-4-3-5-7-15)10-19(22)14(2)21-17-8-9-18-16(11-17)12-24-20(18)23/h3-9,11,13-14,19,21-22H,10,12H2,1-2H3. The highest BCUT2D eigenvalue weighted by molar-refractivity contribution is 5.93. The zero-order chi connectivity index (χ0) is 17.1. The molecule has 4 heteroatoms. The van der Waals surface area contributed by atoms with Gasteiger partial charge in [-0.15, -0.1) is 0 Å². The number of benzene rings is 2. The van der Waals surface area contributed by atoms with E-state index < -0.39 is 6.10 Å². The minimum atomic E-state index is -0.466. The van der Waals surface area contributed by atoms with Gasteiger partial charge >= 0.3 is 5.97 Å². The summed E-state index contributed by atoms with van der Waals surface area (Å²) in [5.74, 6) is 0.0258. The quantitative estimate of drug-likeness (QED) is 0.795. The van der Waals surface area contributed by atoms with Crippen LogP contribution in [0, 0.1) is 0 Å². The largest absolute Gasteiger partial charge is 0.457 e. The zero-order valence-electron chi connectivity index (χ0n) is 14.0. The summed E-state index contributed by atoms with van der Waals surface area (Å²) in [7, 11) is 0. The van der Waals surface area contributed by atoms with Gasteiger partial charge in [-0.2, -0.15) is 0 Å². The van der Waals surface area contributed by atoms with Gasteiger partial charge in [-0.25, -0.2) is 4.79 Å². The minimum absolute atomic E-state index is 0.0905. The monoisotopic (exact) mass is 325 g/mol. The van der Waals surface area contributed by atoms with Crippen molar-refractivity contribution in [1.82, 2.24) is 0 Å². The van der Waals surface area contributed by atoms with E-state index in [0.717, 1.165) is 11.3 Å². The lowest BCUT2D eigenvalue weighted by atomic mass is 9.92. The van der Waals surface area contributed by atoms with Gasteiger partial charge in [0.15, 0.2) is 0 Å². The number of carbonyl (C=O) groups excluding carboxylic acids is 1. The van der Waals surface area contributed by atoms with Gasteiger partial charge in [0.1, 0.15) is 6.61 Å². The van der Waals surface area contributed by atoms with E-state index in [1.54, 1.807) is 6.07 Å². The first kappa shape index (κ1) is 16.5. The first-order valence-electron chi connectivity index (χ1n) is 8.34. The molecule has 24 heavy (non-hydrogen) atoms. The summed E-state index contributed by atoms with van der Waals surface area (Å²) < 4.78 is 5.02. The van der Waals surface area contributed by atoms with Crippen LogP contribution in [-0.2, 0) is 11.3 Å². The predicted octanol–water partition coefficient (Wildman–Crippen LogP) is 3.71. The molecule has 126 valence electrons. The van der Waals surface area contributed by atoms with Crippen LogP contribution in [0.3, 0.4) is 0 Å². The molecular formula is C20H23NO3. The molecule has 4 nitrogen and oxygen atoms in total. The van der Waals surface area contributed by atoms with Crippen LogP contribution in [0.1, 0.15) is 47.7 Å². The van der Waals surface area contributed by atoms with Crippen molar-refractivity contribution in [2.24, 2.45) is 0 Å². The summed E-state index contributed by atoms with van der Waals surface area (Å²) in [6, 6.07) is 15.7. The van der Waals surface area contributed by atoms with Crippen LogP contribution in [-0.4, -0.2) is 23.2 Å². The van der Waals surface area contributed by atoms with E-state index in [2.05, 4.69) is 24.4 Å². The number of cyclic esters (lactones) is 1. The van der Waals surface area contributed by atoms with Gasteiger partial charge in [-0.3, -0.25) is 0 Å². The Hall–Kier alpha value is -2.33. The Labute approximate surface area is 142 Å². The topological polar surface area (TPSA) is 58.6 Å². The molecule has 0 saturated carbocycles. The van der Waals surface area contributed by atoms with Gasteiger partial charge in [0.05, 0.1) is 11.7 Å². The second kappa shape index (κ2) is 7.05. The summed E-state index contributed by atoms with van der Waals surface area (Å²) in [5, 5.41) is 13.8. The Morgan fingerprint density at radius 3 is 2.67 bits per heavy atom. The summed E-state index contributed by atoms with van der Waals surface area (Å²) in [6.07, 6.45) is 0.219. The predicted molar refractivity (Wildman–Crippen MR) is 94.1 cm³/mol. The zero-order valence-corrected chi connectivity index (χ0v) is 14.0. The number of rotatable bonds is 6. The number of aliphatic hydroxyl groups is 1. The maximum atomic E-state index is 11.5. The third-order valence-corrected chi connectivity index (χ3v) is 4.62. The van der Waals surface area contributed by atoms with Crippen LogP contribution < -0.4 is 5.32 Å². The third kappa shape index (κ3) is 3.60. The highest BCUT2D eigenvalue weighted by Crippen LogP contribution is 2.25. The van der Waals surface area contributed by atoms with Gasteiger partial charge in [0, 0.05) is 17.3 Å². The lowest BCUT2D eigenvalue weighted by Crippen LogP contribution is -2.31. The molecule has 0 saturated heterocycles. The second-order valence-corrected chi connectivity index (χ2v) is 6.50. The molecule has 0 aromatic heterocycles. The molecule has 3 unspecified atom stereocenters. The van der Waals surface area contributed by atoms with Crippen LogP contribution in [0.2, 0.25) is 0 Å². The average Bonchev–Trinajstić information content (AvgIpc) is 2.96. The number of hydrogen-bond donors (Lipinski definition) is 2. The highest BCUT2D eigenvalue weighted by Gasteiger charge is 2.22. The fraction of sp³-hybridized carbons (Fsp3) is 0.350. The van der Waals surface area contributed by atoms with Crippen LogP contribution in [0.15, 0.2) is 48.5 Å². The van der Waals surface area contributed by atoms with E-state index in [1.165, 1.54) is 5.56 Å². The molecular weight excluding hydrogens is 302 g/mol. The number of anilines is 1. The Bertz CT molecular complexity index is 714. The number of aliphatic hydroxyl groups excluding tert-OH is 1. The Morgan fingerprint density at radius 2 is 1.92 bits per heavy atom. The van der Waals surface area contributed by atoms with Crippen LogP contribution >= 0.6 is 0 Å². The van der Waals surface area contributed by atoms with E-state index in [4.69, 9.17) is 4.74 Å². The van der Waals surface area contributed by atoms with E-state index in [9.17, 15) is 9.90 Å². The second-order valence-electron chi connectivity index (χ2n) is 6.50. The molecule has 0 bridgehead atoms. The molecule has 1 aliphatic rings. The van der Waals surface area contributed by atoms with Crippen molar-refractivity contribution < 1.29 is 14.6 Å². The molecule has 1 aliphatic heterocycles. The van der Waals surface area contributed by atoms with Crippen molar-refractivity contribution in [2.75, 3.05) is 5.32 Å². The molecule has 0 fully saturated rings. The first-order valence-corrected chi connectivity index (χ1v) is 8.34. The lowest BCUT2D eigenvalue weighted by molar-refractivity contribution is 0.0535. The van der Waals surface area contributed by atoms with Gasteiger partial charge in [-0.1, -0.05) is 37.3 Å².